The molecule has 1 rings (SSSR count). The summed E-state index contributed by atoms with van der Waals surface area (Å²) in [6.45, 7) is 3.78. The lowest BCUT2D eigenvalue weighted by atomic mass is 10.1. The Hall–Kier alpha value is -1.02. The van der Waals surface area contributed by atoms with E-state index in [9.17, 15) is 0 Å². The van der Waals surface area contributed by atoms with Gasteiger partial charge in [-0.3, -0.25) is 0 Å². The lowest BCUT2D eigenvalue weighted by Gasteiger charge is -2.07. The van der Waals surface area contributed by atoms with Gasteiger partial charge in [-0.25, -0.2) is 0 Å². The third-order valence-electron chi connectivity index (χ3n) is 2.67. The third-order valence-corrected chi connectivity index (χ3v) is 2.67. The summed E-state index contributed by atoms with van der Waals surface area (Å²) in [4.78, 5) is 0. The zero-order valence-electron chi connectivity index (χ0n) is 10.2. The number of ether oxygens (including phenoxy) is 1. The van der Waals surface area contributed by atoms with Crippen molar-refractivity contribution < 1.29 is 4.74 Å². The number of rotatable bonds is 8. The summed E-state index contributed by atoms with van der Waals surface area (Å²) in [5.41, 5.74) is 6.77. The molecule has 0 bridgehead atoms. The van der Waals surface area contributed by atoms with Gasteiger partial charge in [0.05, 0.1) is 6.61 Å². The van der Waals surface area contributed by atoms with Crippen LogP contribution < -0.4 is 10.5 Å². The Morgan fingerprint density at radius 3 is 2.69 bits per heavy atom. The van der Waals surface area contributed by atoms with Crippen LogP contribution in [0, 0.1) is 0 Å². The molecule has 0 saturated heterocycles. The first-order valence-corrected chi connectivity index (χ1v) is 6.28. The van der Waals surface area contributed by atoms with Crippen molar-refractivity contribution in [1.29, 1.82) is 0 Å². The molecule has 0 aromatic heterocycles. The highest BCUT2D eigenvalue weighted by atomic mass is 16.5. The van der Waals surface area contributed by atoms with Crippen molar-refractivity contribution in [3.63, 3.8) is 0 Å². The summed E-state index contributed by atoms with van der Waals surface area (Å²) < 4.78 is 5.70. The summed E-state index contributed by atoms with van der Waals surface area (Å²) in [7, 11) is 0. The van der Waals surface area contributed by atoms with Crippen LogP contribution in [0.2, 0.25) is 0 Å². The first-order valence-electron chi connectivity index (χ1n) is 6.28. The van der Waals surface area contributed by atoms with Crippen molar-refractivity contribution in [2.45, 2.75) is 39.0 Å². The molecule has 0 aliphatic heterocycles. The van der Waals surface area contributed by atoms with E-state index in [0.717, 1.165) is 38.2 Å². The maximum absolute atomic E-state index is 5.70. The number of hydrogen-bond acceptors (Lipinski definition) is 2. The zero-order valence-corrected chi connectivity index (χ0v) is 10.2. The lowest BCUT2D eigenvalue weighted by Crippen LogP contribution is -2.00. The highest BCUT2D eigenvalue weighted by Crippen LogP contribution is 2.14. The van der Waals surface area contributed by atoms with Crippen molar-refractivity contribution in [2.24, 2.45) is 5.73 Å². The van der Waals surface area contributed by atoms with Gasteiger partial charge in [-0.1, -0.05) is 31.9 Å². The third kappa shape index (κ3) is 5.17. The minimum atomic E-state index is 0.805. The van der Waals surface area contributed by atoms with Crippen LogP contribution in [0.15, 0.2) is 24.3 Å². The predicted octanol–water partition coefficient (Wildman–Crippen LogP) is 3.15. The van der Waals surface area contributed by atoms with E-state index in [1.165, 1.54) is 18.4 Å². The van der Waals surface area contributed by atoms with Gasteiger partial charge >= 0.3 is 0 Å². The number of nitrogens with two attached hydrogens (primary N) is 1. The molecule has 0 heterocycles. The summed E-state index contributed by atoms with van der Waals surface area (Å²) in [6.07, 6.45) is 5.74. The molecule has 0 atom stereocenters. The van der Waals surface area contributed by atoms with Crippen LogP contribution in [0.25, 0.3) is 0 Å². The van der Waals surface area contributed by atoms with Gasteiger partial charge in [-0.05, 0) is 43.5 Å². The highest BCUT2D eigenvalue weighted by Gasteiger charge is 1.95. The Kier molecular flexibility index (Phi) is 6.66. The molecule has 0 aliphatic carbocycles. The van der Waals surface area contributed by atoms with Gasteiger partial charge in [0.15, 0.2) is 0 Å². The molecule has 2 N–H and O–H groups in total. The van der Waals surface area contributed by atoms with Gasteiger partial charge in [0.2, 0.25) is 0 Å². The highest BCUT2D eigenvalue weighted by molar-refractivity contribution is 5.28. The van der Waals surface area contributed by atoms with E-state index in [4.69, 9.17) is 10.5 Å². The second-order valence-electron chi connectivity index (χ2n) is 4.05. The molecule has 0 amide bonds. The summed E-state index contributed by atoms with van der Waals surface area (Å²) >= 11 is 0. The first-order chi connectivity index (χ1) is 7.86. The van der Waals surface area contributed by atoms with Gasteiger partial charge in [0.1, 0.15) is 5.75 Å². The Morgan fingerprint density at radius 2 is 1.94 bits per heavy atom. The minimum absolute atomic E-state index is 0.805. The topological polar surface area (TPSA) is 35.2 Å². The van der Waals surface area contributed by atoms with Crippen molar-refractivity contribution in [1.82, 2.24) is 0 Å². The Bertz CT molecular complexity index is 286. The molecule has 0 aliphatic rings. The fourth-order valence-corrected chi connectivity index (χ4v) is 1.65. The van der Waals surface area contributed by atoms with Crippen molar-refractivity contribution >= 4 is 0 Å². The molecule has 2 heteroatoms. The molecule has 1 aromatic carbocycles. The number of aryl methyl sites for hydroxylation is 1. The van der Waals surface area contributed by atoms with Crippen LogP contribution in [0.5, 0.6) is 5.75 Å². The fourth-order valence-electron chi connectivity index (χ4n) is 1.65. The minimum Gasteiger partial charge on any atom is -0.494 e. The molecular weight excluding hydrogens is 198 g/mol. The van der Waals surface area contributed by atoms with E-state index < -0.39 is 0 Å². The van der Waals surface area contributed by atoms with Crippen LogP contribution in [0.1, 0.15) is 38.2 Å². The molecule has 0 fully saturated rings. The largest absolute Gasteiger partial charge is 0.494 e. The van der Waals surface area contributed by atoms with Crippen LogP contribution >= 0.6 is 0 Å². The Labute approximate surface area is 98.8 Å². The van der Waals surface area contributed by atoms with Crippen LogP contribution in [-0.2, 0) is 6.42 Å². The van der Waals surface area contributed by atoms with Gasteiger partial charge in [0.25, 0.3) is 0 Å². The fraction of sp³-hybridized carbons (Fsp3) is 0.571. The number of unbranched alkanes of at least 4 members (excludes halogenated alkanes) is 3. The SMILES string of the molecule is CCc1cccc(OCCCCCCN)c1. The smallest absolute Gasteiger partial charge is 0.119 e. The number of benzene rings is 1. The van der Waals surface area contributed by atoms with E-state index >= 15 is 0 Å². The molecule has 0 unspecified atom stereocenters. The van der Waals surface area contributed by atoms with Crippen LogP contribution in [0.4, 0.5) is 0 Å². The zero-order chi connectivity index (χ0) is 11.6. The maximum Gasteiger partial charge on any atom is 0.119 e. The Morgan fingerprint density at radius 1 is 1.12 bits per heavy atom. The van der Waals surface area contributed by atoms with Crippen LogP contribution in [-0.4, -0.2) is 13.2 Å². The van der Waals surface area contributed by atoms with Gasteiger partial charge in [-0.15, -0.1) is 0 Å². The second-order valence-corrected chi connectivity index (χ2v) is 4.05. The second kappa shape index (κ2) is 8.17. The average molecular weight is 221 g/mol. The summed E-state index contributed by atoms with van der Waals surface area (Å²) in [5, 5.41) is 0. The van der Waals surface area contributed by atoms with Gasteiger partial charge < -0.3 is 10.5 Å². The molecule has 1 aromatic rings. The molecule has 0 spiro atoms. The molecule has 16 heavy (non-hydrogen) atoms. The predicted molar refractivity (Wildman–Crippen MR) is 68.8 cm³/mol. The normalized spacial score (nSPS) is 10.4. The number of hydrogen-bond donors (Lipinski definition) is 1. The van der Waals surface area contributed by atoms with E-state index in [2.05, 4.69) is 25.1 Å². The van der Waals surface area contributed by atoms with Crippen molar-refractivity contribution in [3.05, 3.63) is 29.8 Å². The molecule has 2 nitrogen and oxygen atoms in total. The summed E-state index contributed by atoms with van der Waals surface area (Å²) in [6, 6.07) is 8.34. The van der Waals surface area contributed by atoms with Crippen molar-refractivity contribution in [2.75, 3.05) is 13.2 Å². The van der Waals surface area contributed by atoms with E-state index in [1.54, 1.807) is 0 Å². The molecule has 0 saturated carbocycles. The van der Waals surface area contributed by atoms with E-state index in [1.807, 2.05) is 6.07 Å². The summed E-state index contributed by atoms with van der Waals surface area (Å²) in [5.74, 6) is 0.998. The standard InChI is InChI=1S/C14H23NO/c1-2-13-8-7-9-14(12-13)16-11-6-4-3-5-10-15/h7-9,12H,2-6,10-11,15H2,1H3. The van der Waals surface area contributed by atoms with Crippen LogP contribution in [0.3, 0.4) is 0 Å². The van der Waals surface area contributed by atoms with Gasteiger partial charge in [-0.2, -0.15) is 0 Å². The van der Waals surface area contributed by atoms with Crippen molar-refractivity contribution in [3.8, 4) is 5.75 Å². The monoisotopic (exact) mass is 221 g/mol. The van der Waals surface area contributed by atoms with E-state index in [-0.39, 0.29) is 0 Å². The molecular formula is C14H23NO. The Balaban J connectivity index is 2.16. The molecule has 0 radical (unpaired) electrons. The molecule has 90 valence electrons. The van der Waals surface area contributed by atoms with E-state index in [0.29, 0.717) is 0 Å². The quantitative estimate of drug-likeness (QED) is 0.684. The van der Waals surface area contributed by atoms with Gasteiger partial charge in [0, 0.05) is 0 Å². The first kappa shape index (κ1) is 13.0. The maximum atomic E-state index is 5.70. The lowest BCUT2D eigenvalue weighted by molar-refractivity contribution is 0.304. The average Bonchev–Trinajstić information content (AvgIpc) is 2.34.